The van der Waals surface area contributed by atoms with Crippen LogP contribution in [-0.2, 0) is 10.0 Å². The van der Waals surface area contributed by atoms with Crippen LogP contribution in [0.4, 0.5) is 0 Å². The van der Waals surface area contributed by atoms with E-state index in [2.05, 4.69) is 17.1 Å². The smallest absolute Gasteiger partial charge is 0.251 e. The van der Waals surface area contributed by atoms with E-state index in [1.165, 1.54) is 42.2 Å². The van der Waals surface area contributed by atoms with Gasteiger partial charge in [0.1, 0.15) is 4.90 Å². The summed E-state index contributed by atoms with van der Waals surface area (Å²) in [4.78, 5) is 15.0. The lowest BCUT2D eigenvalue weighted by Crippen LogP contribution is -2.38. The number of hydrogen-bond acceptors (Lipinski definition) is 4. The molecule has 0 bridgehead atoms. The molecular weight excluding hydrogens is 410 g/mol. The van der Waals surface area contributed by atoms with E-state index in [-0.39, 0.29) is 15.8 Å². The van der Waals surface area contributed by atoms with Gasteiger partial charge in [-0.2, -0.15) is 4.31 Å². The normalized spacial score (nSPS) is 18.2. The Hall–Kier alpha value is -1.15. The zero-order chi connectivity index (χ0) is 21.4. The van der Waals surface area contributed by atoms with E-state index in [9.17, 15) is 13.2 Å². The fraction of sp³-hybridized carbons (Fsp3) is 0.667. The first kappa shape index (κ1) is 24.1. The molecule has 1 amide bonds. The molecular formula is C21H34ClN3O3S. The number of hydrogen-bond donors (Lipinski definition) is 1. The molecule has 2 rings (SSSR count). The maximum absolute atomic E-state index is 12.8. The van der Waals surface area contributed by atoms with Gasteiger partial charge in [-0.1, -0.05) is 31.9 Å². The number of benzene rings is 1. The lowest BCUT2D eigenvalue weighted by Gasteiger charge is -2.33. The molecule has 0 radical (unpaired) electrons. The molecule has 1 saturated heterocycles. The van der Waals surface area contributed by atoms with Crippen LogP contribution in [0, 0.1) is 0 Å². The fourth-order valence-corrected chi connectivity index (χ4v) is 5.74. The van der Waals surface area contributed by atoms with Crippen molar-refractivity contribution in [1.29, 1.82) is 0 Å². The van der Waals surface area contributed by atoms with Gasteiger partial charge in [-0.25, -0.2) is 8.42 Å². The van der Waals surface area contributed by atoms with Crippen LogP contribution in [0.2, 0.25) is 5.02 Å². The number of piperidine rings is 1. The second-order valence-electron chi connectivity index (χ2n) is 7.58. The standard InChI is InChI=1S/C21H34ClN3O3S/c1-4-25(5-2)29(27,28)20-16-18(11-12-19(20)22)21(26)23-13-7-9-15-24-14-8-6-10-17(24)3/h11-12,16-17H,4-10,13-15H2,1-3H3,(H,23,26). The van der Waals surface area contributed by atoms with Crippen molar-refractivity contribution >= 4 is 27.5 Å². The number of halogens is 1. The number of amides is 1. The molecule has 1 aromatic carbocycles. The van der Waals surface area contributed by atoms with E-state index in [0.29, 0.717) is 31.2 Å². The summed E-state index contributed by atoms with van der Waals surface area (Å²) in [7, 11) is -3.72. The van der Waals surface area contributed by atoms with Crippen LogP contribution in [0.25, 0.3) is 0 Å². The maximum Gasteiger partial charge on any atom is 0.251 e. The van der Waals surface area contributed by atoms with Gasteiger partial charge < -0.3 is 10.2 Å². The summed E-state index contributed by atoms with van der Waals surface area (Å²) < 4.78 is 26.9. The highest BCUT2D eigenvalue weighted by Crippen LogP contribution is 2.26. The van der Waals surface area contributed by atoms with Crippen LogP contribution in [0.15, 0.2) is 23.1 Å². The van der Waals surface area contributed by atoms with Crippen molar-refractivity contribution in [3.63, 3.8) is 0 Å². The number of unbranched alkanes of at least 4 members (excludes halogenated alkanes) is 1. The Morgan fingerprint density at radius 1 is 1.24 bits per heavy atom. The number of sulfonamides is 1. The second-order valence-corrected chi connectivity index (χ2v) is 9.89. The van der Waals surface area contributed by atoms with E-state index >= 15 is 0 Å². The topological polar surface area (TPSA) is 69.7 Å². The van der Waals surface area contributed by atoms with Crippen LogP contribution < -0.4 is 5.32 Å². The third-order valence-corrected chi connectivity index (χ3v) is 8.15. The molecule has 0 aliphatic carbocycles. The van der Waals surface area contributed by atoms with Crippen LogP contribution in [0.5, 0.6) is 0 Å². The molecule has 0 aromatic heterocycles. The molecule has 1 aliphatic rings. The van der Waals surface area contributed by atoms with Gasteiger partial charge >= 0.3 is 0 Å². The van der Waals surface area contributed by atoms with Gasteiger partial charge in [0.05, 0.1) is 5.02 Å². The molecule has 1 atom stereocenters. The summed E-state index contributed by atoms with van der Waals surface area (Å²) in [5, 5.41) is 3.02. The van der Waals surface area contributed by atoms with Gasteiger partial charge in [-0.3, -0.25) is 4.79 Å². The predicted molar refractivity (Wildman–Crippen MR) is 118 cm³/mol. The molecule has 29 heavy (non-hydrogen) atoms. The molecule has 1 fully saturated rings. The molecule has 1 aliphatic heterocycles. The van der Waals surface area contributed by atoms with E-state index in [1.54, 1.807) is 19.9 Å². The summed E-state index contributed by atoms with van der Waals surface area (Å²) in [6.07, 6.45) is 5.79. The summed E-state index contributed by atoms with van der Waals surface area (Å²) in [6.45, 7) is 9.33. The lowest BCUT2D eigenvalue weighted by molar-refractivity contribution is 0.0951. The van der Waals surface area contributed by atoms with E-state index in [0.717, 1.165) is 19.4 Å². The first-order chi connectivity index (χ1) is 13.8. The van der Waals surface area contributed by atoms with Crippen molar-refractivity contribution in [3.8, 4) is 0 Å². The average Bonchev–Trinajstić information content (AvgIpc) is 2.69. The number of nitrogens with one attached hydrogen (secondary N) is 1. The first-order valence-corrected chi connectivity index (χ1v) is 12.4. The van der Waals surface area contributed by atoms with Crippen LogP contribution >= 0.6 is 11.6 Å². The monoisotopic (exact) mass is 443 g/mol. The van der Waals surface area contributed by atoms with Gasteiger partial charge in [0.2, 0.25) is 10.0 Å². The van der Waals surface area contributed by atoms with Gasteiger partial charge in [-0.15, -0.1) is 0 Å². The first-order valence-electron chi connectivity index (χ1n) is 10.6. The van der Waals surface area contributed by atoms with Crippen molar-refractivity contribution < 1.29 is 13.2 Å². The Morgan fingerprint density at radius 3 is 2.62 bits per heavy atom. The van der Waals surface area contributed by atoms with Crippen molar-refractivity contribution in [2.45, 2.75) is 63.8 Å². The third-order valence-electron chi connectivity index (χ3n) is 5.61. The Labute approximate surface area is 180 Å². The maximum atomic E-state index is 12.8. The summed E-state index contributed by atoms with van der Waals surface area (Å²) in [5.74, 6) is -0.274. The molecule has 0 saturated carbocycles. The van der Waals surface area contributed by atoms with Gasteiger partial charge in [0, 0.05) is 31.2 Å². The minimum Gasteiger partial charge on any atom is -0.352 e. The van der Waals surface area contributed by atoms with Crippen molar-refractivity contribution in [1.82, 2.24) is 14.5 Å². The van der Waals surface area contributed by atoms with E-state index < -0.39 is 10.0 Å². The highest BCUT2D eigenvalue weighted by Gasteiger charge is 2.25. The Morgan fingerprint density at radius 2 is 1.97 bits per heavy atom. The number of rotatable bonds is 10. The average molecular weight is 444 g/mol. The predicted octanol–water partition coefficient (Wildman–Crippen LogP) is 3.75. The van der Waals surface area contributed by atoms with Gasteiger partial charge in [0.15, 0.2) is 0 Å². The molecule has 0 spiro atoms. The van der Waals surface area contributed by atoms with Crippen molar-refractivity contribution in [2.75, 3.05) is 32.7 Å². The van der Waals surface area contributed by atoms with Crippen LogP contribution in [0.3, 0.4) is 0 Å². The largest absolute Gasteiger partial charge is 0.352 e. The van der Waals surface area contributed by atoms with E-state index in [1.807, 2.05) is 0 Å². The quantitative estimate of drug-likeness (QED) is 0.559. The highest BCUT2D eigenvalue weighted by molar-refractivity contribution is 7.89. The van der Waals surface area contributed by atoms with Crippen molar-refractivity contribution in [2.24, 2.45) is 0 Å². The molecule has 1 heterocycles. The molecule has 8 heteroatoms. The van der Waals surface area contributed by atoms with Gasteiger partial charge in [-0.05, 0) is 63.9 Å². The zero-order valence-electron chi connectivity index (χ0n) is 17.8. The Bertz CT molecular complexity index is 781. The molecule has 1 aromatic rings. The van der Waals surface area contributed by atoms with Crippen LogP contribution in [-0.4, -0.2) is 62.3 Å². The lowest BCUT2D eigenvalue weighted by atomic mass is 10.0. The number of likely N-dealkylation sites (tertiary alicyclic amines) is 1. The SMILES string of the molecule is CCN(CC)S(=O)(=O)c1cc(C(=O)NCCCCN2CCCCC2C)ccc1Cl. The Balaban J connectivity index is 1.91. The van der Waals surface area contributed by atoms with Crippen LogP contribution in [0.1, 0.15) is 63.2 Å². The van der Waals surface area contributed by atoms with Crippen molar-refractivity contribution in [3.05, 3.63) is 28.8 Å². The minimum absolute atomic E-state index is 0.0189. The Kier molecular flexibility index (Phi) is 9.40. The molecule has 1 N–H and O–H groups in total. The summed E-state index contributed by atoms with van der Waals surface area (Å²) in [6, 6.07) is 5.07. The van der Waals surface area contributed by atoms with Gasteiger partial charge in [0.25, 0.3) is 5.91 Å². The molecule has 164 valence electrons. The number of carbonyl (C=O) groups is 1. The zero-order valence-corrected chi connectivity index (χ0v) is 19.4. The highest BCUT2D eigenvalue weighted by atomic mass is 35.5. The number of carbonyl (C=O) groups excluding carboxylic acids is 1. The second kappa shape index (κ2) is 11.3. The third kappa shape index (κ3) is 6.41. The number of nitrogens with zero attached hydrogens (tertiary/aromatic N) is 2. The van der Waals surface area contributed by atoms with E-state index in [4.69, 9.17) is 11.6 Å². The minimum atomic E-state index is -3.72. The summed E-state index contributed by atoms with van der Waals surface area (Å²) >= 11 is 6.13. The molecule has 6 nitrogen and oxygen atoms in total. The molecule has 1 unspecified atom stereocenters. The fourth-order valence-electron chi connectivity index (χ4n) is 3.78. The summed E-state index contributed by atoms with van der Waals surface area (Å²) in [5.41, 5.74) is 0.310.